The molecule has 28 heavy (non-hydrogen) atoms. The third kappa shape index (κ3) is 5.10. The van der Waals surface area contributed by atoms with Crippen LogP contribution in [0, 0.1) is 0 Å². The topological polar surface area (TPSA) is 67.4 Å². The van der Waals surface area contributed by atoms with E-state index in [0.29, 0.717) is 18.7 Å². The lowest BCUT2D eigenvalue weighted by molar-refractivity contribution is -0.137. The Kier molecular flexibility index (Phi) is 5.99. The fourth-order valence-electron chi connectivity index (χ4n) is 2.86. The number of carbonyl (C=O) groups is 2. The van der Waals surface area contributed by atoms with Gasteiger partial charge >= 0.3 is 6.18 Å². The highest BCUT2D eigenvalue weighted by atomic mass is 19.4. The van der Waals surface area contributed by atoms with E-state index >= 15 is 0 Å². The van der Waals surface area contributed by atoms with Gasteiger partial charge in [-0.25, -0.2) is 0 Å². The Bertz CT molecular complexity index is 845. The van der Waals surface area contributed by atoms with E-state index < -0.39 is 17.6 Å². The molecule has 148 valence electrons. The van der Waals surface area contributed by atoms with Crippen LogP contribution in [0.25, 0.3) is 0 Å². The zero-order valence-corrected chi connectivity index (χ0v) is 14.9. The second-order valence-electron chi connectivity index (χ2n) is 6.46. The van der Waals surface area contributed by atoms with Crippen LogP contribution in [0.1, 0.15) is 39.1 Å². The fourth-order valence-corrected chi connectivity index (χ4v) is 2.86. The Morgan fingerprint density at radius 3 is 2.32 bits per heavy atom. The number of alkyl halides is 3. The average molecular weight is 392 g/mol. The minimum Gasteiger partial charge on any atom is -0.376 e. The van der Waals surface area contributed by atoms with Crippen LogP contribution in [-0.4, -0.2) is 31.1 Å². The molecule has 8 heteroatoms. The van der Waals surface area contributed by atoms with Gasteiger partial charge in [0.25, 0.3) is 11.8 Å². The molecule has 1 fully saturated rings. The Morgan fingerprint density at radius 2 is 1.71 bits per heavy atom. The molecule has 0 aliphatic carbocycles. The largest absolute Gasteiger partial charge is 0.416 e. The van der Waals surface area contributed by atoms with E-state index in [1.807, 2.05) is 0 Å². The Labute approximate surface area is 159 Å². The van der Waals surface area contributed by atoms with Crippen LogP contribution in [-0.2, 0) is 10.9 Å². The highest BCUT2D eigenvalue weighted by Crippen LogP contribution is 2.29. The van der Waals surface area contributed by atoms with Gasteiger partial charge in [-0.15, -0.1) is 0 Å². The maximum absolute atomic E-state index is 12.6. The van der Waals surface area contributed by atoms with Crippen molar-refractivity contribution in [2.24, 2.45) is 0 Å². The van der Waals surface area contributed by atoms with Gasteiger partial charge in [0.05, 0.1) is 11.7 Å². The first-order chi connectivity index (χ1) is 13.3. The molecule has 1 heterocycles. The zero-order chi connectivity index (χ0) is 20.1. The van der Waals surface area contributed by atoms with Crippen molar-refractivity contribution in [1.29, 1.82) is 0 Å². The molecule has 1 unspecified atom stereocenters. The lowest BCUT2D eigenvalue weighted by Crippen LogP contribution is -2.31. The van der Waals surface area contributed by atoms with Gasteiger partial charge in [0, 0.05) is 30.0 Å². The van der Waals surface area contributed by atoms with Crippen LogP contribution in [0.15, 0.2) is 48.5 Å². The predicted octanol–water partition coefficient (Wildman–Crippen LogP) is 3.87. The van der Waals surface area contributed by atoms with Crippen LogP contribution >= 0.6 is 0 Å². The van der Waals surface area contributed by atoms with E-state index in [2.05, 4.69) is 10.6 Å². The predicted molar refractivity (Wildman–Crippen MR) is 97.1 cm³/mol. The summed E-state index contributed by atoms with van der Waals surface area (Å²) in [5.74, 6) is -0.840. The minimum absolute atomic E-state index is 0.00935. The van der Waals surface area contributed by atoms with Crippen LogP contribution < -0.4 is 10.6 Å². The van der Waals surface area contributed by atoms with Crippen molar-refractivity contribution in [1.82, 2.24) is 5.32 Å². The van der Waals surface area contributed by atoms with Crippen molar-refractivity contribution in [3.8, 4) is 0 Å². The Balaban J connectivity index is 1.62. The van der Waals surface area contributed by atoms with E-state index in [0.717, 1.165) is 25.0 Å². The van der Waals surface area contributed by atoms with Crippen molar-refractivity contribution < 1.29 is 27.5 Å². The number of carbonyl (C=O) groups excluding carboxylic acids is 2. The quantitative estimate of drug-likeness (QED) is 0.812. The highest BCUT2D eigenvalue weighted by molar-refractivity contribution is 6.06. The smallest absolute Gasteiger partial charge is 0.376 e. The van der Waals surface area contributed by atoms with Gasteiger partial charge in [-0.2, -0.15) is 13.2 Å². The molecule has 0 aromatic heterocycles. The molecular formula is C20H19F3N2O3. The lowest BCUT2D eigenvalue weighted by atomic mass is 10.1. The molecule has 1 aliphatic heterocycles. The third-order valence-electron chi connectivity index (χ3n) is 4.37. The van der Waals surface area contributed by atoms with Crippen LogP contribution in [0.5, 0.6) is 0 Å². The molecule has 0 bridgehead atoms. The number of halogens is 3. The van der Waals surface area contributed by atoms with E-state index in [9.17, 15) is 22.8 Å². The first kappa shape index (κ1) is 19.9. The summed E-state index contributed by atoms with van der Waals surface area (Å²) in [6.45, 7) is 1.10. The number of rotatable bonds is 5. The number of benzene rings is 2. The van der Waals surface area contributed by atoms with Crippen LogP contribution in [0.4, 0.5) is 18.9 Å². The lowest BCUT2D eigenvalue weighted by Gasteiger charge is -2.12. The molecular weight excluding hydrogens is 373 g/mol. The standard InChI is InChI=1S/C20H19F3N2O3/c21-20(22,23)15-6-8-16(9-7-15)25-19(27)14-4-1-3-13(11-14)18(26)24-12-17-5-2-10-28-17/h1,3-4,6-9,11,17H,2,5,10,12H2,(H,24,26)(H,25,27). The maximum Gasteiger partial charge on any atom is 0.416 e. The van der Waals surface area contributed by atoms with Gasteiger partial charge in [-0.05, 0) is 55.3 Å². The van der Waals surface area contributed by atoms with E-state index in [-0.39, 0.29) is 23.3 Å². The average Bonchev–Trinajstić information content (AvgIpc) is 3.19. The Hall–Kier alpha value is -2.87. The van der Waals surface area contributed by atoms with E-state index in [1.165, 1.54) is 24.3 Å². The van der Waals surface area contributed by atoms with Crippen molar-refractivity contribution in [2.45, 2.75) is 25.1 Å². The Morgan fingerprint density at radius 1 is 1.04 bits per heavy atom. The van der Waals surface area contributed by atoms with Crippen molar-refractivity contribution >= 4 is 17.5 Å². The first-order valence-corrected chi connectivity index (χ1v) is 8.81. The molecule has 2 amide bonds. The zero-order valence-electron chi connectivity index (χ0n) is 14.9. The number of nitrogens with one attached hydrogen (secondary N) is 2. The second kappa shape index (κ2) is 8.43. The fraction of sp³-hybridized carbons (Fsp3) is 0.300. The molecule has 0 saturated carbocycles. The van der Waals surface area contributed by atoms with E-state index in [4.69, 9.17) is 4.74 Å². The molecule has 0 spiro atoms. The number of hydrogen-bond donors (Lipinski definition) is 2. The van der Waals surface area contributed by atoms with Gasteiger partial charge in [0.15, 0.2) is 0 Å². The molecule has 1 aliphatic rings. The monoisotopic (exact) mass is 392 g/mol. The number of hydrogen-bond acceptors (Lipinski definition) is 3. The summed E-state index contributed by atoms with van der Waals surface area (Å²) in [6, 6.07) is 10.3. The summed E-state index contributed by atoms with van der Waals surface area (Å²) in [7, 11) is 0. The number of ether oxygens (including phenoxy) is 1. The molecule has 2 N–H and O–H groups in total. The summed E-state index contributed by atoms with van der Waals surface area (Å²) < 4.78 is 43.2. The van der Waals surface area contributed by atoms with Crippen LogP contribution in [0.2, 0.25) is 0 Å². The first-order valence-electron chi connectivity index (χ1n) is 8.81. The molecule has 0 radical (unpaired) electrons. The van der Waals surface area contributed by atoms with Crippen molar-refractivity contribution in [3.05, 3.63) is 65.2 Å². The van der Waals surface area contributed by atoms with Gasteiger partial charge in [-0.1, -0.05) is 6.07 Å². The SMILES string of the molecule is O=C(NCC1CCCO1)c1cccc(C(=O)Nc2ccc(C(F)(F)F)cc2)c1. The number of anilines is 1. The van der Waals surface area contributed by atoms with Crippen LogP contribution in [0.3, 0.4) is 0 Å². The molecule has 5 nitrogen and oxygen atoms in total. The summed E-state index contributed by atoms with van der Waals surface area (Å²) in [6.07, 6.45) is -2.56. The van der Waals surface area contributed by atoms with Crippen molar-refractivity contribution in [3.63, 3.8) is 0 Å². The molecule has 2 aromatic carbocycles. The summed E-state index contributed by atoms with van der Waals surface area (Å²) in [5.41, 5.74) is -0.0237. The molecule has 1 saturated heterocycles. The summed E-state index contributed by atoms with van der Waals surface area (Å²) >= 11 is 0. The highest BCUT2D eigenvalue weighted by Gasteiger charge is 2.30. The summed E-state index contributed by atoms with van der Waals surface area (Å²) in [4.78, 5) is 24.6. The molecule has 2 aromatic rings. The van der Waals surface area contributed by atoms with Crippen molar-refractivity contribution in [2.75, 3.05) is 18.5 Å². The second-order valence-corrected chi connectivity index (χ2v) is 6.46. The summed E-state index contributed by atoms with van der Waals surface area (Å²) in [5, 5.41) is 5.30. The van der Waals surface area contributed by atoms with Gasteiger partial charge in [0.1, 0.15) is 0 Å². The normalized spacial score (nSPS) is 16.6. The number of amides is 2. The third-order valence-corrected chi connectivity index (χ3v) is 4.37. The van der Waals surface area contributed by atoms with Gasteiger partial charge in [0.2, 0.25) is 0 Å². The van der Waals surface area contributed by atoms with Gasteiger partial charge in [-0.3, -0.25) is 9.59 Å². The van der Waals surface area contributed by atoms with Gasteiger partial charge < -0.3 is 15.4 Å². The van der Waals surface area contributed by atoms with E-state index in [1.54, 1.807) is 12.1 Å². The maximum atomic E-state index is 12.6. The minimum atomic E-state index is -4.44. The molecule has 3 rings (SSSR count). The molecule has 1 atom stereocenters.